The lowest BCUT2D eigenvalue weighted by atomic mass is 10.1. The first-order valence-corrected chi connectivity index (χ1v) is 11.5. The van der Waals surface area contributed by atoms with Crippen LogP contribution in [0.15, 0.2) is 65.0 Å². The molecule has 32 heavy (non-hydrogen) atoms. The van der Waals surface area contributed by atoms with Crippen LogP contribution in [0.2, 0.25) is 0 Å². The molecule has 2 amide bonds. The highest BCUT2D eigenvalue weighted by Gasteiger charge is 2.43. The number of anilines is 2. The van der Waals surface area contributed by atoms with Crippen LogP contribution in [0.1, 0.15) is 5.56 Å². The van der Waals surface area contributed by atoms with E-state index in [9.17, 15) is 26.4 Å². The van der Waals surface area contributed by atoms with Crippen LogP contribution in [0.25, 0.3) is 10.2 Å². The van der Waals surface area contributed by atoms with Crippen molar-refractivity contribution in [3.63, 3.8) is 0 Å². The van der Waals surface area contributed by atoms with Gasteiger partial charge in [-0.15, -0.1) is 11.3 Å². The van der Waals surface area contributed by atoms with Gasteiger partial charge in [0, 0.05) is 17.7 Å². The number of hydrogen-bond acceptors (Lipinski definition) is 5. The van der Waals surface area contributed by atoms with Gasteiger partial charge in [-0.1, -0.05) is 12.1 Å². The second-order valence-corrected chi connectivity index (χ2v) is 9.60. The maximum atomic E-state index is 14.3. The number of rotatable bonds is 3. The summed E-state index contributed by atoms with van der Waals surface area (Å²) in [6.07, 6.45) is 0. The summed E-state index contributed by atoms with van der Waals surface area (Å²) >= 11 is 1.27. The lowest BCUT2D eigenvalue weighted by Crippen LogP contribution is -2.50. The number of sulfonamides is 1. The molecule has 3 aromatic carbocycles. The SMILES string of the molecule is O=C1N(Cc2c(F)cc(F)cc2F)c2ccccc2S(=O)(=O)N1c1ccc2ncsc2c1. The second kappa shape index (κ2) is 7.31. The highest BCUT2D eigenvalue weighted by atomic mass is 32.2. The molecule has 4 aromatic rings. The summed E-state index contributed by atoms with van der Waals surface area (Å²) < 4.78 is 69.9. The van der Waals surface area contributed by atoms with Gasteiger partial charge in [0.15, 0.2) is 0 Å². The third-order valence-corrected chi connectivity index (χ3v) is 7.59. The molecule has 0 unspecified atom stereocenters. The van der Waals surface area contributed by atoms with E-state index in [4.69, 9.17) is 0 Å². The predicted molar refractivity (Wildman–Crippen MR) is 114 cm³/mol. The van der Waals surface area contributed by atoms with Gasteiger partial charge in [0.05, 0.1) is 33.6 Å². The van der Waals surface area contributed by atoms with Crippen LogP contribution in [0, 0.1) is 17.5 Å². The monoisotopic (exact) mass is 475 g/mol. The van der Waals surface area contributed by atoms with Crippen LogP contribution in [-0.2, 0) is 16.6 Å². The lowest BCUT2D eigenvalue weighted by Gasteiger charge is -2.36. The molecule has 1 aliphatic rings. The zero-order valence-corrected chi connectivity index (χ0v) is 17.6. The largest absolute Gasteiger partial charge is 0.343 e. The van der Waals surface area contributed by atoms with Crippen molar-refractivity contribution < 1.29 is 26.4 Å². The summed E-state index contributed by atoms with van der Waals surface area (Å²) in [7, 11) is -4.31. The Labute approximate surface area is 184 Å². The first-order valence-electron chi connectivity index (χ1n) is 9.20. The first-order chi connectivity index (χ1) is 15.3. The Morgan fingerprint density at radius 1 is 0.969 bits per heavy atom. The molecule has 5 rings (SSSR count). The van der Waals surface area contributed by atoms with E-state index in [1.165, 1.54) is 47.7 Å². The lowest BCUT2D eigenvalue weighted by molar-refractivity contribution is 0.253. The number of aromatic nitrogens is 1. The van der Waals surface area contributed by atoms with E-state index in [1.54, 1.807) is 11.6 Å². The number of halogens is 3. The van der Waals surface area contributed by atoms with E-state index >= 15 is 0 Å². The molecule has 0 aliphatic carbocycles. The molecule has 162 valence electrons. The molecule has 11 heteroatoms. The van der Waals surface area contributed by atoms with Gasteiger partial charge in [0.2, 0.25) is 0 Å². The van der Waals surface area contributed by atoms with Gasteiger partial charge in [-0.3, -0.25) is 4.90 Å². The Hall–Kier alpha value is -3.44. The van der Waals surface area contributed by atoms with Crippen LogP contribution in [0.3, 0.4) is 0 Å². The number of carbonyl (C=O) groups excluding carboxylic acids is 1. The topological polar surface area (TPSA) is 70.6 Å². The number of fused-ring (bicyclic) bond motifs is 2. The maximum absolute atomic E-state index is 14.3. The molecule has 6 nitrogen and oxygen atoms in total. The summed E-state index contributed by atoms with van der Waals surface area (Å²) in [4.78, 5) is 18.3. The van der Waals surface area contributed by atoms with Crippen molar-refractivity contribution in [2.24, 2.45) is 0 Å². The van der Waals surface area contributed by atoms with E-state index in [0.717, 1.165) is 4.90 Å². The number of benzene rings is 3. The number of carbonyl (C=O) groups is 1. The average Bonchev–Trinajstić information content (AvgIpc) is 3.20. The van der Waals surface area contributed by atoms with Crippen LogP contribution in [-0.4, -0.2) is 19.4 Å². The first kappa shape index (κ1) is 20.5. The minimum absolute atomic E-state index is 0.0317. The number of urea groups is 1. The Bertz CT molecular complexity index is 1480. The average molecular weight is 475 g/mol. The zero-order chi connectivity index (χ0) is 22.6. The van der Waals surface area contributed by atoms with Gasteiger partial charge in [0.1, 0.15) is 22.3 Å². The molecule has 0 saturated heterocycles. The Kier molecular flexibility index (Phi) is 4.68. The third-order valence-electron chi connectivity index (χ3n) is 5.05. The van der Waals surface area contributed by atoms with Gasteiger partial charge in [-0.2, -0.15) is 4.31 Å². The number of hydrogen-bond donors (Lipinski definition) is 0. The second-order valence-electron chi connectivity index (χ2n) is 6.96. The maximum Gasteiger partial charge on any atom is 0.343 e. The van der Waals surface area contributed by atoms with E-state index in [1.807, 2.05) is 0 Å². The number of amides is 2. The minimum atomic E-state index is -4.31. The third kappa shape index (κ3) is 3.12. The molecule has 0 bridgehead atoms. The van der Waals surface area contributed by atoms with Crippen molar-refractivity contribution in [2.75, 3.05) is 9.21 Å². The van der Waals surface area contributed by atoms with Crippen LogP contribution in [0.4, 0.5) is 29.3 Å². The Morgan fingerprint density at radius 2 is 1.69 bits per heavy atom. The zero-order valence-electron chi connectivity index (χ0n) is 16.0. The number of thiazole rings is 1. The molecule has 0 saturated carbocycles. The smallest absolute Gasteiger partial charge is 0.287 e. The van der Waals surface area contributed by atoms with Crippen molar-refractivity contribution in [1.29, 1.82) is 0 Å². The number of nitrogens with zero attached hydrogens (tertiary/aromatic N) is 3. The van der Waals surface area contributed by atoms with E-state index in [-0.39, 0.29) is 16.3 Å². The molecule has 0 N–H and O–H groups in total. The van der Waals surface area contributed by atoms with Gasteiger partial charge in [0.25, 0.3) is 10.0 Å². The quantitative estimate of drug-likeness (QED) is 0.416. The van der Waals surface area contributed by atoms with Crippen LogP contribution >= 0.6 is 11.3 Å². The molecule has 0 spiro atoms. The van der Waals surface area contributed by atoms with Crippen molar-refractivity contribution in [3.05, 3.63) is 83.1 Å². The van der Waals surface area contributed by atoms with Gasteiger partial charge in [-0.05, 0) is 30.3 Å². The summed E-state index contributed by atoms with van der Waals surface area (Å²) in [5.74, 6) is -3.46. The molecular weight excluding hydrogens is 463 g/mol. The predicted octanol–water partition coefficient (Wildman–Crippen LogP) is 5.05. The molecule has 1 aromatic heterocycles. The van der Waals surface area contributed by atoms with E-state index < -0.39 is 45.6 Å². The summed E-state index contributed by atoms with van der Waals surface area (Å²) in [6.45, 7) is -0.636. The molecule has 0 fully saturated rings. The molecule has 0 radical (unpaired) electrons. The summed E-state index contributed by atoms with van der Waals surface area (Å²) in [5, 5.41) is 0. The van der Waals surface area contributed by atoms with E-state index in [2.05, 4.69) is 4.98 Å². The van der Waals surface area contributed by atoms with Gasteiger partial charge in [-0.25, -0.2) is 31.4 Å². The van der Waals surface area contributed by atoms with Crippen molar-refractivity contribution in [3.8, 4) is 0 Å². The fourth-order valence-electron chi connectivity index (χ4n) is 3.57. The summed E-state index contributed by atoms with van der Waals surface area (Å²) in [6, 6.07) is 10.2. The molecule has 2 heterocycles. The van der Waals surface area contributed by atoms with Gasteiger partial charge >= 0.3 is 6.03 Å². The van der Waals surface area contributed by atoms with Crippen molar-refractivity contribution in [1.82, 2.24) is 4.98 Å². The number of para-hydroxylation sites is 1. The Balaban J connectivity index is 1.68. The summed E-state index contributed by atoms with van der Waals surface area (Å²) in [5.41, 5.74) is 1.69. The molecule has 1 aliphatic heterocycles. The molecule has 0 atom stereocenters. The molecular formula is C21H12F3N3O3S2. The standard InChI is InChI=1S/C21H12F3N3O3S2/c22-12-7-15(23)14(16(24)8-12)10-26-18-3-1-2-4-20(18)32(29,30)27(21(26)28)13-5-6-17-19(9-13)31-11-25-17/h1-9,11H,10H2. The van der Waals surface area contributed by atoms with Crippen LogP contribution in [0.5, 0.6) is 0 Å². The van der Waals surface area contributed by atoms with Gasteiger partial charge < -0.3 is 0 Å². The van der Waals surface area contributed by atoms with E-state index in [0.29, 0.717) is 26.7 Å². The fourth-order valence-corrected chi connectivity index (χ4v) is 5.86. The Morgan fingerprint density at radius 3 is 2.44 bits per heavy atom. The normalized spacial score (nSPS) is 15.3. The van der Waals surface area contributed by atoms with Crippen molar-refractivity contribution in [2.45, 2.75) is 11.4 Å². The minimum Gasteiger partial charge on any atom is -0.287 e. The van der Waals surface area contributed by atoms with Crippen molar-refractivity contribution >= 4 is 49.0 Å². The fraction of sp³-hybridized carbons (Fsp3) is 0.0476. The highest BCUT2D eigenvalue weighted by Crippen LogP contribution is 2.39. The highest BCUT2D eigenvalue weighted by molar-refractivity contribution is 7.94. The van der Waals surface area contributed by atoms with Crippen LogP contribution < -0.4 is 9.21 Å².